The van der Waals surface area contributed by atoms with Crippen LogP contribution in [0.1, 0.15) is 81.0 Å². The number of ether oxygens (including phenoxy) is 5. The topological polar surface area (TPSA) is 181 Å². The average molecular weight is 619 g/mol. The zero-order chi connectivity index (χ0) is 32.1. The van der Waals surface area contributed by atoms with Crippen molar-refractivity contribution in [3.63, 3.8) is 0 Å². The summed E-state index contributed by atoms with van der Waals surface area (Å²) in [6.07, 6.45) is -0.635. The van der Waals surface area contributed by atoms with E-state index in [1.54, 1.807) is 20.8 Å². The normalized spacial score (nSPS) is 35.3. The van der Waals surface area contributed by atoms with E-state index in [1.165, 1.54) is 37.8 Å². The zero-order valence-corrected chi connectivity index (χ0v) is 25.3. The summed E-state index contributed by atoms with van der Waals surface area (Å²) >= 11 is 0. The van der Waals surface area contributed by atoms with Crippen molar-refractivity contribution in [2.45, 2.75) is 102 Å². The van der Waals surface area contributed by atoms with Gasteiger partial charge >= 0.3 is 23.9 Å². The number of carbonyl (C=O) groups is 4. The summed E-state index contributed by atoms with van der Waals surface area (Å²) in [7, 11) is 0. The van der Waals surface area contributed by atoms with Crippen LogP contribution >= 0.6 is 0 Å². The summed E-state index contributed by atoms with van der Waals surface area (Å²) in [6.45, 7) is 7.15. The van der Waals surface area contributed by atoms with Gasteiger partial charge in [0.1, 0.15) is 42.4 Å². The Morgan fingerprint density at radius 1 is 0.977 bits per heavy atom. The molecule has 5 rings (SSSR count). The van der Waals surface area contributed by atoms with Gasteiger partial charge in [-0.15, -0.1) is 0 Å². The first-order chi connectivity index (χ1) is 20.7. The smallest absolute Gasteiger partial charge is 0.341 e. The quantitative estimate of drug-likeness (QED) is 0.309. The minimum absolute atomic E-state index is 0.0199. The van der Waals surface area contributed by atoms with E-state index >= 15 is 0 Å². The number of hydrogen-bond acceptors (Lipinski definition) is 13. The first-order valence-corrected chi connectivity index (χ1v) is 14.6. The molecule has 44 heavy (non-hydrogen) atoms. The van der Waals surface area contributed by atoms with Crippen LogP contribution in [-0.4, -0.2) is 81.9 Å². The fourth-order valence-corrected chi connectivity index (χ4v) is 7.50. The van der Waals surface area contributed by atoms with Crippen molar-refractivity contribution in [3.05, 3.63) is 48.3 Å². The molecule has 0 radical (unpaired) electrons. The number of furan rings is 2. The summed E-state index contributed by atoms with van der Waals surface area (Å²) in [6, 6.07) is 2.76. The number of esters is 4. The van der Waals surface area contributed by atoms with Crippen LogP contribution in [0.15, 0.2) is 46.0 Å². The van der Waals surface area contributed by atoms with Crippen LogP contribution in [0.5, 0.6) is 0 Å². The molecule has 4 unspecified atom stereocenters. The van der Waals surface area contributed by atoms with Gasteiger partial charge in [-0.2, -0.15) is 0 Å². The highest BCUT2D eigenvalue weighted by molar-refractivity contribution is 5.90. The molecule has 2 N–H and O–H groups in total. The van der Waals surface area contributed by atoms with Crippen molar-refractivity contribution in [1.82, 2.24) is 0 Å². The summed E-state index contributed by atoms with van der Waals surface area (Å²) in [4.78, 5) is 52.3. The van der Waals surface area contributed by atoms with Crippen LogP contribution in [0.2, 0.25) is 0 Å². The van der Waals surface area contributed by atoms with Crippen molar-refractivity contribution in [2.24, 2.45) is 11.3 Å². The molecular formula is C31H38O13. The zero-order valence-electron chi connectivity index (χ0n) is 25.3. The molecule has 3 aliphatic rings. The molecule has 3 heterocycles. The van der Waals surface area contributed by atoms with Crippen LogP contribution in [0.4, 0.5) is 0 Å². The molecule has 2 aromatic rings. The Hall–Kier alpha value is -3.68. The molecule has 0 amide bonds. The van der Waals surface area contributed by atoms with Gasteiger partial charge in [-0.25, -0.2) is 9.59 Å². The van der Waals surface area contributed by atoms with E-state index in [2.05, 4.69) is 0 Å². The molecule has 8 atom stereocenters. The van der Waals surface area contributed by atoms with Gasteiger partial charge in [0.05, 0.1) is 41.0 Å². The lowest BCUT2D eigenvalue weighted by Gasteiger charge is -2.65. The highest BCUT2D eigenvalue weighted by atomic mass is 16.6. The number of carbonyl (C=O) groups excluding carboxylic acids is 4. The fourth-order valence-electron chi connectivity index (χ4n) is 7.50. The Bertz CT molecular complexity index is 1380. The maximum absolute atomic E-state index is 13.6. The molecule has 1 aliphatic heterocycles. The van der Waals surface area contributed by atoms with Crippen LogP contribution < -0.4 is 0 Å². The molecule has 1 saturated heterocycles. The second kappa shape index (κ2) is 11.4. The lowest BCUT2D eigenvalue weighted by atomic mass is 9.46. The number of rotatable bonds is 9. The molecule has 13 nitrogen and oxygen atoms in total. The standard InChI is InChI=1S/C31H38O13/c1-6-7-23(33)41-21-13-29(5,37)31-24(34)20(28(3,4)44-31)12-22(42-26(35)18-8-10-38-14-18)30(31,16-40-17(2)32)25(21)43-27(36)19-9-11-39-15-19/h8-11,14-15,20-22,24-25,34,37H,6-7,12-13,16H2,1-5H3/t20-,21?,22?,24?,25?,29+,30-,31+/m1/s1. The number of hydrogen-bond donors (Lipinski definition) is 2. The largest absolute Gasteiger partial charge is 0.472 e. The van der Waals surface area contributed by atoms with Gasteiger partial charge < -0.3 is 42.7 Å². The van der Waals surface area contributed by atoms with E-state index in [-0.39, 0.29) is 30.4 Å². The first kappa shape index (κ1) is 31.7. The first-order valence-electron chi connectivity index (χ1n) is 14.6. The average Bonchev–Trinajstić information content (AvgIpc) is 3.69. The van der Waals surface area contributed by atoms with Gasteiger partial charge in [-0.3, -0.25) is 9.59 Å². The monoisotopic (exact) mass is 618 g/mol. The highest BCUT2D eigenvalue weighted by Crippen LogP contribution is 2.68. The van der Waals surface area contributed by atoms with Gasteiger partial charge in [0.25, 0.3) is 0 Å². The van der Waals surface area contributed by atoms with E-state index in [4.69, 9.17) is 32.5 Å². The Labute approximate surface area is 253 Å². The molecule has 2 saturated carbocycles. The van der Waals surface area contributed by atoms with Gasteiger partial charge in [-0.05, 0) is 45.7 Å². The number of aliphatic hydroxyl groups excluding tert-OH is 1. The summed E-state index contributed by atoms with van der Waals surface area (Å²) in [5, 5.41) is 24.4. The molecule has 2 bridgehead atoms. The fraction of sp³-hybridized carbons (Fsp3) is 0.613. The Kier molecular flexibility index (Phi) is 8.19. The third-order valence-electron chi connectivity index (χ3n) is 9.34. The second-order valence-corrected chi connectivity index (χ2v) is 12.5. The minimum Gasteiger partial charge on any atom is -0.472 e. The van der Waals surface area contributed by atoms with Crippen LogP contribution in [-0.2, 0) is 33.3 Å². The second-order valence-electron chi connectivity index (χ2n) is 12.5. The van der Waals surface area contributed by atoms with Crippen LogP contribution in [0.25, 0.3) is 0 Å². The van der Waals surface area contributed by atoms with Crippen LogP contribution in [0.3, 0.4) is 0 Å². The Morgan fingerprint density at radius 2 is 1.59 bits per heavy atom. The van der Waals surface area contributed by atoms with Gasteiger partial charge in [0, 0.05) is 25.7 Å². The molecule has 240 valence electrons. The Morgan fingerprint density at radius 3 is 2.14 bits per heavy atom. The van der Waals surface area contributed by atoms with Gasteiger partial charge in [0.15, 0.2) is 6.10 Å². The molecule has 13 heteroatoms. The van der Waals surface area contributed by atoms with E-state index in [0.717, 1.165) is 13.2 Å². The van der Waals surface area contributed by atoms with Gasteiger partial charge in [-0.1, -0.05) is 6.92 Å². The third kappa shape index (κ3) is 4.90. The number of fused-ring (bicyclic) bond motifs is 1. The van der Waals surface area contributed by atoms with E-state index in [9.17, 15) is 29.4 Å². The van der Waals surface area contributed by atoms with Crippen molar-refractivity contribution in [3.8, 4) is 0 Å². The van der Waals surface area contributed by atoms with Crippen molar-refractivity contribution in [2.75, 3.05) is 6.61 Å². The highest BCUT2D eigenvalue weighted by Gasteiger charge is 2.85. The molecule has 2 aliphatic carbocycles. The molecule has 3 fully saturated rings. The maximum atomic E-state index is 13.6. The van der Waals surface area contributed by atoms with E-state index in [0.29, 0.717) is 6.42 Å². The Balaban J connectivity index is 1.75. The maximum Gasteiger partial charge on any atom is 0.341 e. The SMILES string of the molecule is CCCC(=O)OC1C[C@](C)(O)[C@]23OC(C)(C)[C@H](CC(OC(=O)c4ccoc4)[C@]2(COC(C)=O)C1OC(=O)c1ccoc1)C3O. The van der Waals surface area contributed by atoms with Gasteiger partial charge in [0.2, 0.25) is 0 Å². The van der Waals surface area contributed by atoms with Crippen LogP contribution in [0, 0.1) is 11.3 Å². The van der Waals surface area contributed by atoms with Crippen molar-refractivity contribution >= 4 is 23.9 Å². The van der Waals surface area contributed by atoms with E-state index in [1.807, 2.05) is 0 Å². The third-order valence-corrected chi connectivity index (χ3v) is 9.34. The van der Waals surface area contributed by atoms with E-state index < -0.39 is 83.0 Å². The summed E-state index contributed by atoms with van der Waals surface area (Å²) < 4.78 is 40.5. The predicted octanol–water partition coefficient (Wildman–Crippen LogP) is 2.97. The lowest BCUT2D eigenvalue weighted by molar-refractivity contribution is -0.353. The molecule has 2 aromatic heterocycles. The van der Waals surface area contributed by atoms with Crippen molar-refractivity contribution < 1.29 is 61.9 Å². The summed E-state index contributed by atoms with van der Waals surface area (Å²) in [5.74, 6) is -3.78. The minimum atomic E-state index is -2.06. The van der Waals surface area contributed by atoms with Crippen molar-refractivity contribution in [1.29, 1.82) is 0 Å². The summed E-state index contributed by atoms with van der Waals surface area (Å²) in [5.41, 5.74) is -7.08. The molecule has 0 aromatic carbocycles. The predicted molar refractivity (Wildman–Crippen MR) is 147 cm³/mol. The molecular weight excluding hydrogens is 580 g/mol. The lowest BCUT2D eigenvalue weighted by Crippen LogP contribution is -2.83. The number of aliphatic hydroxyl groups is 2. The molecule has 1 spiro atoms.